The van der Waals surface area contributed by atoms with Crippen LogP contribution in [-0.2, 0) is 0 Å². The Labute approximate surface area is 186 Å². The van der Waals surface area contributed by atoms with Crippen molar-refractivity contribution in [3.63, 3.8) is 0 Å². The van der Waals surface area contributed by atoms with E-state index in [1.807, 2.05) is 12.1 Å². The number of hydrogen-bond donors (Lipinski definition) is 0. The van der Waals surface area contributed by atoms with Gasteiger partial charge in [-0.2, -0.15) is 0 Å². The Hall–Kier alpha value is -4.37. The van der Waals surface area contributed by atoms with Crippen molar-refractivity contribution in [1.82, 2.24) is 15.0 Å². The van der Waals surface area contributed by atoms with Crippen molar-refractivity contribution >= 4 is 21.5 Å². The van der Waals surface area contributed by atoms with Crippen LogP contribution in [0.4, 0.5) is 0 Å². The van der Waals surface area contributed by atoms with Gasteiger partial charge in [0.25, 0.3) is 0 Å². The van der Waals surface area contributed by atoms with E-state index in [-0.39, 0.29) is 0 Å². The molecule has 0 saturated carbocycles. The maximum atomic E-state index is 5.05. The summed E-state index contributed by atoms with van der Waals surface area (Å²) < 4.78 is 0. The zero-order valence-electron chi connectivity index (χ0n) is 17.3. The van der Waals surface area contributed by atoms with Gasteiger partial charge in [0.15, 0.2) is 5.82 Å². The highest BCUT2D eigenvalue weighted by Crippen LogP contribution is 2.35. The molecule has 6 rings (SSSR count). The van der Waals surface area contributed by atoms with E-state index in [2.05, 4.69) is 101 Å². The first-order valence-electron chi connectivity index (χ1n) is 10.6. The Kier molecular flexibility index (Phi) is 4.43. The fraction of sp³-hybridized carbons (Fsp3) is 0. The Morgan fingerprint density at radius 1 is 0.469 bits per heavy atom. The lowest BCUT2D eigenvalue weighted by molar-refractivity contribution is 1.14. The summed E-state index contributed by atoms with van der Waals surface area (Å²) in [5, 5.41) is 4.85. The number of fused-ring (bicyclic) bond motifs is 2. The summed E-state index contributed by atoms with van der Waals surface area (Å²) in [5.74, 6) is 0.625. The largest absolute Gasteiger partial charge is 0.244 e. The molecule has 0 radical (unpaired) electrons. The number of pyridine rings is 1. The molecule has 150 valence electrons. The second kappa shape index (κ2) is 7.71. The molecule has 32 heavy (non-hydrogen) atoms. The Morgan fingerprint density at radius 3 is 1.75 bits per heavy atom. The average Bonchev–Trinajstić information content (AvgIpc) is 2.88. The number of rotatable bonds is 3. The van der Waals surface area contributed by atoms with E-state index in [9.17, 15) is 0 Å². The lowest BCUT2D eigenvalue weighted by Crippen LogP contribution is -1.95. The lowest BCUT2D eigenvalue weighted by atomic mass is 9.95. The van der Waals surface area contributed by atoms with Crippen molar-refractivity contribution in [3.8, 4) is 33.9 Å². The van der Waals surface area contributed by atoms with Crippen LogP contribution >= 0.6 is 0 Å². The Morgan fingerprint density at radius 2 is 1.06 bits per heavy atom. The summed E-state index contributed by atoms with van der Waals surface area (Å²) >= 11 is 0. The fourth-order valence-corrected chi connectivity index (χ4v) is 4.16. The van der Waals surface area contributed by atoms with Gasteiger partial charge in [-0.15, -0.1) is 0 Å². The summed E-state index contributed by atoms with van der Waals surface area (Å²) in [5.41, 5.74) is 4.99. The van der Waals surface area contributed by atoms with Crippen molar-refractivity contribution in [2.45, 2.75) is 0 Å². The van der Waals surface area contributed by atoms with Gasteiger partial charge < -0.3 is 0 Å². The zero-order chi connectivity index (χ0) is 21.3. The molecule has 0 spiro atoms. The summed E-state index contributed by atoms with van der Waals surface area (Å²) in [6, 6.07) is 35.9. The first-order valence-corrected chi connectivity index (χ1v) is 10.6. The van der Waals surface area contributed by atoms with Gasteiger partial charge in [0.1, 0.15) is 5.69 Å². The molecule has 3 heteroatoms. The van der Waals surface area contributed by atoms with Crippen molar-refractivity contribution in [2.24, 2.45) is 0 Å². The monoisotopic (exact) mass is 409 g/mol. The van der Waals surface area contributed by atoms with Crippen LogP contribution in [0.3, 0.4) is 0 Å². The van der Waals surface area contributed by atoms with E-state index in [0.29, 0.717) is 5.82 Å². The van der Waals surface area contributed by atoms with Crippen molar-refractivity contribution in [1.29, 1.82) is 0 Å². The fourth-order valence-electron chi connectivity index (χ4n) is 4.16. The van der Waals surface area contributed by atoms with E-state index in [1.54, 1.807) is 12.4 Å². The maximum Gasteiger partial charge on any atom is 0.178 e. The SMILES string of the molecule is c1cnc(-c2ccc(-c3ccc4ccccc4c3)c(-c3ccc4ccccc4c3)n2)nc1. The highest BCUT2D eigenvalue weighted by molar-refractivity contribution is 5.93. The molecule has 0 unspecified atom stereocenters. The highest BCUT2D eigenvalue weighted by Gasteiger charge is 2.14. The Balaban J connectivity index is 1.59. The lowest BCUT2D eigenvalue weighted by Gasteiger charge is -2.13. The van der Waals surface area contributed by atoms with Crippen molar-refractivity contribution < 1.29 is 0 Å². The highest BCUT2D eigenvalue weighted by atomic mass is 14.9. The van der Waals surface area contributed by atoms with E-state index >= 15 is 0 Å². The second-order valence-corrected chi connectivity index (χ2v) is 7.79. The van der Waals surface area contributed by atoms with Crippen LogP contribution in [0.5, 0.6) is 0 Å². The van der Waals surface area contributed by atoms with Gasteiger partial charge in [0.2, 0.25) is 0 Å². The van der Waals surface area contributed by atoms with Crippen LogP contribution in [0, 0.1) is 0 Å². The molecule has 0 fully saturated rings. The number of aromatic nitrogens is 3. The van der Waals surface area contributed by atoms with Gasteiger partial charge in [-0.1, -0.05) is 72.8 Å². The van der Waals surface area contributed by atoms with Crippen LogP contribution in [0.15, 0.2) is 116 Å². The standard InChI is InChI=1S/C29H19N3/c1-3-8-22-18-24(12-10-20(22)6-1)26-14-15-27(29-30-16-5-17-31-29)32-28(26)25-13-11-21-7-2-4-9-23(21)19-25/h1-19H. The number of hydrogen-bond acceptors (Lipinski definition) is 3. The van der Waals surface area contributed by atoms with Crippen LogP contribution in [0.2, 0.25) is 0 Å². The molecule has 0 aliphatic rings. The molecular weight excluding hydrogens is 390 g/mol. The first kappa shape index (κ1) is 18.4. The van der Waals surface area contributed by atoms with E-state index in [0.717, 1.165) is 28.1 Å². The van der Waals surface area contributed by atoms with Crippen LogP contribution in [-0.4, -0.2) is 15.0 Å². The minimum atomic E-state index is 0.625. The van der Waals surface area contributed by atoms with Crippen molar-refractivity contribution in [2.75, 3.05) is 0 Å². The smallest absolute Gasteiger partial charge is 0.178 e. The molecular formula is C29H19N3. The van der Waals surface area contributed by atoms with Gasteiger partial charge in [0.05, 0.1) is 5.69 Å². The van der Waals surface area contributed by atoms with Gasteiger partial charge >= 0.3 is 0 Å². The van der Waals surface area contributed by atoms with Gasteiger partial charge in [-0.05, 0) is 57.4 Å². The summed E-state index contributed by atoms with van der Waals surface area (Å²) in [4.78, 5) is 13.9. The van der Waals surface area contributed by atoms with E-state index in [1.165, 1.54) is 21.5 Å². The molecule has 4 aromatic carbocycles. The number of nitrogens with zero attached hydrogens (tertiary/aromatic N) is 3. The second-order valence-electron chi connectivity index (χ2n) is 7.79. The predicted molar refractivity (Wildman–Crippen MR) is 131 cm³/mol. The van der Waals surface area contributed by atoms with E-state index in [4.69, 9.17) is 4.98 Å². The van der Waals surface area contributed by atoms with Crippen LogP contribution in [0.1, 0.15) is 0 Å². The van der Waals surface area contributed by atoms with Crippen LogP contribution in [0.25, 0.3) is 55.4 Å². The van der Waals surface area contributed by atoms with Crippen LogP contribution < -0.4 is 0 Å². The molecule has 2 aromatic heterocycles. The minimum Gasteiger partial charge on any atom is -0.244 e. The quantitative estimate of drug-likeness (QED) is 0.311. The third-order valence-electron chi connectivity index (χ3n) is 5.77. The molecule has 0 atom stereocenters. The summed E-state index contributed by atoms with van der Waals surface area (Å²) in [7, 11) is 0. The molecule has 0 bridgehead atoms. The summed E-state index contributed by atoms with van der Waals surface area (Å²) in [6.45, 7) is 0. The molecule has 6 aromatic rings. The predicted octanol–water partition coefficient (Wildman–Crippen LogP) is 7.18. The topological polar surface area (TPSA) is 38.7 Å². The molecule has 2 heterocycles. The summed E-state index contributed by atoms with van der Waals surface area (Å²) in [6.07, 6.45) is 3.49. The average molecular weight is 409 g/mol. The van der Waals surface area contributed by atoms with E-state index < -0.39 is 0 Å². The molecule has 0 aliphatic carbocycles. The first-order chi connectivity index (χ1) is 15.8. The Bertz CT molecular complexity index is 1570. The van der Waals surface area contributed by atoms with Gasteiger partial charge in [0, 0.05) is 23.5 Å². The third-order valence-corrected chi connectivity index (χ3v) is 5.77. The minimum absolute atomic E-state index is 0.625. The van der Waals surface area contributed by atoms with Gasteiger partial charge in [-0.25, -0.2) is 15.0 Å². The number of benzene rings is 4. The molecule has 0 amide bonds. The normalized spacial score (nSPS) is 11.1. The third kappa shape index (κ3) is 3.30. The van der Waals surface area contributed by atoms with Crippen molar-refractivity contribution in [3.05, 3.63) is 116 Å². The molecule has 0 saturated heterocycles. The zero-order valence-corrected chi connectivity index (χ0v) is 17.3. The van der Waals surface area contributed by atoms with Gasteiger partial charge in [-0.3, -0.25) is 0 Å². The maximum absolute atomic E-state index is 5.05. The molecule has 0 aliphatic heterocycles. The molecule has 0 N–H and O–H groups in total. The molecule has 3 nitrogen and oxygen atoms in total.